The summed E-state index contributed by atoms with van der Waals surface area (Å²) in [6, 6.07) is 7.33. The average molecular weight is 240 g/mol. The minimum atomic E-state index is 0.0413. The van der Waals surface area contributed by atoms with Crippen LogP contribution in [0, 0.1) is 0 Å². The van der Waals surface area contributed by atoms with Gasteiger partial charge in [0.05, 0.1) is 10.9 Å². The van der Waals surface area contributed by atoms with Gasteiger partial charge in [0.2, 0.25) is 5.43 Å². The van der Waals surface area contributed by atoms with Crippen LogP contribution < -0.4 is 5.43 Å². The summed E-state index contributed by atoms with van der Waals surface area (Å²) in [5, 5.41) is 0.640. The van der Waals surface area contributed by atoms with Crippen LogP contribution in [0.1, 0.15) is 31.6 Å². The van der Waals surface area contributed by atoms with Crippen LogP contribution in [0.4, 0.5) is 0 Å². The second-order valence-corrected chi connectivity index (χ2v) is 3.75. The molecule has 1 aliphatic carbocycles. The highest BCUT2D eigenvalue weighted by Crippen LogP contribution is 2.19. The maximum Gasteiger partial charge on any atom is 0.200 e. The third-order valence-electron chi connectivity index (χ3n) is 2.69. The van der Waals surface area contributed by atoms with Gasteiger partial charge in [0.1, 0.15) is 11.3 Å². The fourth-order valence-electron chi connectivity index (χ4n) is 1.89. The van der Waals surface area contributed by atoms with Gasteiger partial charge in [0, 0.05) is 0 Å². The second-order valence-electron chi connectivity index (χ2n) is 3.75. The van der Waals surface area contributed by atoms with Gasteiger partial charge in [-0.3, -0.25) is 4.79 Å². The molecule has 0 fully saturated rings. The van der Waals surface area contributed by atoms with E-state index in [2.05, 4.69) is 0 Å². The monoisotopic (exact) mass is 240 g/mol. The van der Waals surface area contributed by atoms with E-state index in [0.717, 1.165) is 6.42 Å². The number of fused-ring (bicyclic) bond motifs is 2. The van der Waals surface area contributed by atoms with Gasteiger partial charge in [-0.1, -0.05) is 44.2 Å². The number of benzene rings is 1. The van der Waals surface area contributed by atoms with Gasteiger partial charge < -0.3 is 4.42 Å². The van der Waals surface area contributed by atoms with Crippen LogP contribution in [0.5, 0.6) is 0 Å². The predicted octanol–water partition coefficient (Wildman–Crippen LogP) is 4.25. The molecule has 0 amide bonds. The Kier molecular flexibility index (Phi) is 3.78. The van der Waals surface area contributed by atoms with Gasteiger partial charge >= 0.3 is 0 Å². The van der Waals surface area contributed by atoms with E-state index >= 15 is 0 Å². The zero-order valence-corrected chi connectivity index (χ0v) is 10.6. The molecule has 0 atom stereocenters. The third-order valence-corrected chi connectivity index (χ3v) is 2.69. The maximum atomic E-state index is 12.2. The standard InChI is InChI=1S/C14H10O2.C2H6/c15-14-10-6-2-1-3-8-12(10)16-13-9-5-4-7-11(13)14;1-2/h2-9H,1H2;1-2H3. The molecule has 0 bridgehead atoms. The summed E-state index contributed by atoms with van der Waals surface area (Å²) in [6.07, 6.45) is 8.49. The van der Waals surface area contributed by atoms with Gasteiger partial charge in [-0.2, -0.15) is 0 Å². The van der Waals surface area contributed by atoms with E-state index in [-0.39, 0.29) is 5.43 Å². The Bertz CT molecular complexity index is 660. The summed E-state index contributed by atoms with van der Waals surface area (Å²) < 4.78 is 5.71. The van der Waals surface area contributed by atoms with Crippen molar-refractivity contribution in [2.45, 2.75) is 20.3 Å². The van der Waals surface area contributed by atoms with Gasteiger partial charge in [-0.15, -0.1) is 0 Å². The molecule has 18 heavy (non-hydrogen) atoms. The van der Waals surface area contributed by atoms with E-state index in [1.807, 2.05) is 56.4 Å². The molecule has 0 saturated heterocycles. The smallest absolute Gasteiger partial charge is 0.200 e. The molecule has 1 heterocycles. The molecule has 2 heteroatoms. The third kappa shape index (κ3) is 2.14. The number of hydrogen-bond acceptors (Lipinski definition) is 2. The van der Waals surface area contributed by atoms with E-state index in [1.165, 1.54) is 0 Å². The predicted molar refractivity (Wildman–Crippen MR) is 76.5 cm³/mol. The summed E-state index contributed by atoms with van der Waals surface area (Å²) in [7, 11) is 0. The van der Waals surface area contributed by atoms with Gasteiger partial charge in [-0.05, 0) is 24.6 Å². The first-order valence-corrected chi connectivity index (χ1v) is 6.25. The van der Waals surface area contributed by atoms with Crippen molar-refractivity contribution in [3.05, 3.63) is 58.0 Å². The topological polar surface area (TPSA) is 30.2 Å². The number of rotatable bonds is 0. The van der Waals surface area contributed by atoms with Crippen molar-refractivity contribution in [2.75, 3.05) is 0 Å². The van der Waals surface area contributed by atoms with Crippen molar-refractivity contribution in [1.29, 1.82) is 0 Å². The van der Waals surface area contributed by atoms with Crippen molar-refractivity contribution in [2.24, 2.45) is 0 Å². The fourth-order valence-corrected chi connectivity index (χ4v) is 1.89. The average Bonchev–Trinajstić information content (AvgIpc) is 2.67. The number of hydrogen-bond donors (Lipinski definition) is 0. The zero-order valence-electron chi connectivity index (χ0n) is 10.6. The van der Waals surface area contributed by atoms with E-state index in [1.54, 1.807) is 6.07 Å². The SMILES string of the molecule is CC.O=c1c2c(oc3ccccc13)C=CCC=C2. The quantitative estimate of drug-likeness (QED) is 0.689. The van der Waals surface area contributed by atoms with E-state index in [9.17, 15) is 4.79 Å². The molecule has 0 radical (unpaired) electrons. The molecule has 92 valence electrons. The Morgan fingerprint density at radius 3 is 2.61 bits per heavy atom. The van der Waals surface area contributed by atoms with E-state index in [4.69, 9.17) is 4.42 Å². The van der Waals surface area contributed by atoms with Crippen molar-refractivity contribution < 1.29 is 4.42 Å². The van der Waals surface area contributed by atoms with E-state index in [0.29, 0.717) is 22.3 Å². The lowest BCUT2D eigenvalue weighted by Gasteiger charge is -2.02. The fraction of sp³-hybridized carbons (Fsp3) is 0.188. The minimum Gasteiger partial charge on any atom is -0.456 e. The summed E-state index contributed by atoms with van der Waals surface area (Å²) in [6.45, 7) is 4.00. The van der Waals surface area contributed by atoms with Gasteiger partial charge in [0.25, 0.3) is 0 Å². The molecule has 1 aromatic heterocycles. The Morgan fingerprint density at radius 2 is 1.78 bits per heavy atom. The Balaban J connectivity index is 0.000000574. The van der Waals surface area contributed by atoms with Crippen molar-refractivity contribution in [3.63, 3.8) is 0 Å². The molecule has 0 spiro atoms. The molecule has 0 saturated carbocycles. The summed E-state index contributed by atoms with van der Waals surface area (Å²) >= 11 is 0. The first kappa shape index (κ1) is 12.4. The second kappa shape index (κ2) is 5.50. The Labute approximate surface area is 106 Å². The normalized spacial score (nSPS) is 12.6. The lowest BCUT2D eigenvalue weighted by molar-refractivity contribution is 0.589. The molecule has 0 unspecified atom stereocenters. The molecule has 0 N–H and O–H groups in total. The first-order chi connectivity index (χ1) is 8.86. The summed E-state index contributed by atoms with van der Waals surface area (Å²) in [5.74, 6) is 0.650. The molecule has 0 aliphatic heterocycles. The highest BCUT2D eigenvalue weighted by molar-refractivity contribution is 5.81. The van der Waals surface area contributed by atoms with Crippen LogP contribution in [0.15, 0.2) is 45.6 Å². The van der Waals surface area contributed by atoms with Gasteiger partial charge in [-0.25, -0.2) is 0 Å². The Morgan fingerprint density at radius 1 is 1.06 bits per heavy atom. The number of allylic oxidation sites excluding steroid dienone is 2. The molecule has 2 nitrogen and oxygen atoms in total. The molecular weight excluding hydrogens is 224 g/mol. The molecule has 1 aromatic carbocycles. The van der Waals surface area contributed by atoms with Crippen LogP contribution in [-0.4, -0.2) is 0 Å². The maximum absolute atomic E-state index is 12.2. The molecule has 3 rings (SSSR count). The van der Waals surface area contributed by atoms with Crippen LogP contribution in [0.25, 0.3) is 23.1 Å². The summed E-state index contributed by atoms with van der Waals surface area (Å²) in [5.41, 5.74) is 1.33. The van der Waals surface area contributed by atoms with Crippen molar-refractivity contribution in [1.82, 2.24) is 0 Å². The van der Waals surface area contributed by atoms with Crippen LogP contribution in [-0.2, 0) is 0 Å². The van der Waals surface area contributed by atoms with Crippen LogP contribution in [0.2, 0.25) is 0 Å². The molecule has 2 aromatic rings. The Hall–Kier alpha value is -2.09. The van der Waals surface area contributed by atoms with Crippen LogP contribution >= 0.6 is 0 Å². The molecular formula is C16H16O2. The molecule has 1 aliphatic rings. The van der Waals surface area contributed by atoms with Gasteiger partial charge in [0.15, 0.2) is 0 Å². The highest BCUT2D eigenvalue weighted by Gasteiger charge is 2.10. The highest BCUT2D eigenvalue weighted by atomic mass is 16.3. The zero-order chi connectivity index (χ0) is 13.0. The van der Waals surface area contributed by atoms with E-state index < -0.39 is 0 Å². The lowest BCUT2D eigenvalue weighted by atomic mass is 10.1. The lowest BCUT2D eigenvalue weighted by Crippen LogP contribution is -2.06. The number of para-hydroxylation sites is 1. The minimum absolute atomic E-state index is 0.0413. The first-order valence-electron chi connectivity index (χ1n) is 6.25. The largest absolute Gasteiger partial charge is 0.456 e. The van der Waals surface area contributed by atoms with Crippen molar-refractivity contribution in [3.8, 4) is 0 Å². The van der Waals surface area contributed by atoms with Crippen LogP contribution in [0.3, 0.4) is 0 Å². The van der Waals surface area contributed by atoms with Crippen molar-refractivity contribution >= 4 is 23.1 Å². The summed E-state index contributed by atoms with van der Waals surface area (Å²) in [4.78, 5) is 12.2.